The van der Waals surface area contributed by atoms with Crippen molar-refractivity contribution in [2.45, 2.75) is 25.9 Å². The number of rotatable bonds is 5. The van der Waals surface area contributed by atoms with Gasteiger partial charge in [0, 0.05) is 16.5 Å². The smallest absolute Gasteiger partial charge is 0.309 e. The first kappa shape index (κ1) is 14.7. The molecule has 0 radical (unpaired) electrons. The Balaban J connectivity index is 1.62. The van der Waals surface area contributed by atoms with Crippen LogP contribution in [-0.2, 0) is 16.1 Å². The summed E-state index contributed by atoms with van der Waals surface area (Å²) >= 11 is 1.48. The topological polar surface area (TPSA) is 82.3 Å². The number of thiazole rings is 1. The fraction of sp³-hybridized carbons (Fsp3) is 0.312. The lowest BCUT2D eigenvalue weighted by Crippen LogP contribution is -2.23. The molecule has 1 aromatic heterocycles. The molecule has 1 saturated carbocycles. The number of amides is 1. The molecule has 0 unspecified atom stereocenters. The van der Waals surface area contributed by atoms with Gasteiger partial charge in [-0.05, 0) is 25.0 Å². The predicted octanol–water partition coefficient (Wildman–Crippen LogP) is 2.75. The predicted molar refractivity (Wildman–Crippen MR) is 83.2 cm³/mol. The third-order valence-electron chi connectivity index (χ3n) is 3.77. The van der Waals surface area contributed by atoms with E-state index in [1.807, 2.05) is 17.5 Å². The van der Waals surface area contributed by atoms with Crippen LogP contribution in [0.5, 0.6) is 0 Å². The highest BCUT2D eigenvalue weighted by Crippen LogP contribution is 2.28. The Bertz CT molecular complexity index is 690. The second-order valence-corrected chi connectivity index (χ2v) is 6.18. The van der Waals surface area contributed by atoms with Crippen LogP contribution in [0.15, 0.2) is 29.6 Å². The third-order valence-corrected chi connectivity index (χ3v) is 4.71. The van der Waals surface area contributed by atoms with Crippen LogP contribution in [0.3, 0.4) is 0 Å². The van der Waals surface area contributed by atoms with Gasteiger partial charge >= 0.3 is 5.97 Å². The van der Waals surface area contributed by atoms with E-state index in [1.54, 1.807) is 12.1 Å². The van der Waals surface area contributed by atoms with E-state index in [2.05, 4.69) is 4.98 Å². The SMILES string of the molecule is NC(=O)c1ccc(-c2nc(COC(=O)C3CCC3)cs2)cc1. The van der Waals surface area contributed by atoms with Crippen molar-refractivity contribution in [1.82, 2.24) is 4.98 Å². The average molecular weight is 316 g/mol. The van der Waals surface area contributed by atoms with Crippen LogP contribution in [0.4, 0.5) is 0 Å². The van der Waals surface area contributed by atoms with Crippen molar-refractivity contribution < 1.29 is 14.3 Å². The Labute approximate surface area is 132 Å². The number of nitrogens with two attached hydrogens (primary N) is 1. The number of nitrogens with zero attached hydrogens (tertiary/aromatic N) is 1. The number of ether oxygens (including phenoxy) is 1. The molecule has 114 valence electrons. The number of carbonyl (C=O) groups excluding carboxylic acids is 2. The van der Waals surface area contributed by atoms with E-state index in [-0.39, 0.29) is 18.5 Å². The molecule has 3 rings (SSSR count). The minimum absolute atomic E-state index is 0.0828. The number of benzene rings is 1. The van der Waals surface area contributed by atoms with Crippen LogP contribution in [0, 0.1) is 5.92 Å². The monoisotopic (exact) mass is 316 g/mol. The Morgan fingerprint density at radius 3 is 2.59 bits per heavy atom. The maximum absolute atomic E-state index is 11.7. The molecule has 5 nitrogen and oxygen atoms in total. The molecule has 1 aliphatic carbocycles. The first-order valence-corrected chi connectivity index (χ1v) is 8.03. The van der Waals surface area contributed by atoms with E-state index >= 15 is 0 Å². The van der Waals surface area contributed by atoms with Crippen molar-refractivity contribution in [2.24, 2.45) is 11.7 Å². The number of carbonyl (C=O) groups is 2. The lowest BCUT2D eigenvalue weighted by molar-refractivity contribution is -0.152. The molecular formula is C16H16N2O3S. The summed E-state index contributed by atoms with van der Waals surface area (Å²) in [7, 11) is 0. The third kappa shape index (κ3) is 3.17. The zero-order valence-electron chi connectivity index (χ0n) is 12.0. The van der Waals surface area contributed by atoms with Crippen molar-refractivity contribution in [3.8, 4) is 10.6 Å². The van der Waals surface area contributed by atoms with Gasteiger partial charge in [0.1, 0.15) is 11.6 Å². The maximum atomic E-state index is 11.7. The van der Waals surface area contributed by atoms with Gasteiger partial charge in [0.15, 0.2) is 0 Å². The van der Waals surface area contributed by atoms with Crippen LogP contribution < -0.4 is 5.73 Å². The van der Waals surface area contributed by atoms with Crippen LogP contribution in [0.25, 0.3) is 10.6 Å². The summed E-state index contributed by atoms with van der Waals surface area (Å²) in [6, 6.07) is 6.97. The van der Waals surface area contributed by atoms with Gasteiger partial charge in [0.2, 0.25) is 5.91 Å². The highest BCUT2D eigenvalue weighted by Gasteiger charge is 2.26. The van der Waals surface area contributed by atoms with Crippen molar-refractivity contribution in [3.63, 3.8) is 0 Å². The zero-order chi connectivity index (χ0) is 15.5. The maximum Gasteiger partial charge on any atom is 0.309 e. The molecule has 1 fully saturated rings. The van der Waals surface area contributed by atoms with E-state index in [0.717, 1.165) is 35.5 Å². The lowest BCUT2D eigenvalue weighted by atomic mass is 9.86. The van der Waals surface area contributed by atoms with Crippen LogP contribution >= 0.6 is 11.3 Å². The van der Waals surface area contributed by atoms with Crippen molar-refractivity contribution >= 4 is 23.2 Å². The fourth-order valence-corrected chi connectivity index (χ4v) is 3.00. The lowest BCUT2D eigenvalue weighted by Gasteiger charge is -2.22. The normalized spacial score (nSPS) is 14.4. The van der Waals surface area contributed by atoms with Gasteiger partial charge in [-0.3, -0.25) is 9.59 Å². The Morgan fingerprint density at radius 1 is 1.27 bits per heavy atom. The standard InChI is InChI=1S/C16H16N2O3S/c17-14(19)10-4-6-11(7-5-10)15-18-13(9-22-15)8-21-16(20)12-2-1-3-12/h4-7,9,12H,1-3,8H2,(H2,17,19). The minimum Gasteiger partial charge on any atom is -0.459 e. The van der Waals surface area contributed by atoms with Crippen molar-refractivity contribution in [3.05, 3.63) is 40.9 Å². The molecule has 0 atom stereocenters. The Hall–Kier alpha value is -2.21. The zero-order valence-corrected chi connectivity index (χ0v) is 12.8. The molecule has 2 N–H and O–H groups in total. The molecule has 0 bridgehead atoms. The molecule has 0 saturated heterocycles. The molecule has 0 aliphatic heterocycles. The van der Waals surface area contributed by atoms with E-state index in [0.29, 0.717) is 5.56 Å². The average Bonchev–Trinajstić information content (AvgIpc) is 2.92. The van der Waals surface area contributed by atoms with Crippen LogP contribution in [-0.4, -0.2) is 16.9 Å². The van der Waals surface area contributed by atoms with E-state index in [9.17, 15) is 9.59 Å². The summed E-state index contributed by atoms with van der Waals surface area (Å²) in [6.45, 7) is 0.213. The van der Waals surface area contributed by atoms with E-state index in [1.165, 1.54) is 11.3 Å². The van der Waals surface area contributed by atoms with Crippen LogP contribution in [0.1, 0.15) is 35.3 Å². The summed E-state index contributed by atoms with van der Waals surface area (Å²) in [6.07, 6.45) is 2.99. The molecule has 2 aromatic rings. The first-order valence-electron chi connectivity index (χ1n) is 7.15. The number of hydrogen-bond donors (Lipinski definition) is 1. The molecule has 1 aliphatic rings. The summed E-state index contributed by atoms with van der Waals surface area (Å²) < 4.78 is 5.28. The summed E-state index contributed by atoms with van der Waals surface area (Å²) in [5, 5.41) is 2.71. The quantitative estimate of drug-likeness (QED) is 0.860. The second kappa shape index (κ2) is 6.27. The molecule has 22 heavy (non-hydrogen) atoms. The summed E-state index contributed by atoms with van der Waals surface area (Å²) in [5.74, 6) is -0.486. The molecule has 1 heterocycles. The molecule has 0 spiro atoms. The molecular weight excluding hydrogens is 300 g/mol. The van der Waals surface area contributed by atoms with Gasteiger partial charge in [0.25, 0.3) is 0 Å². The second-order valence-electron chi connectivity index (χ2n) is 5.32. The number of primary amides is 1. The highest BCUT2D eigenvalue weighted by molar-refractivity contribution is 7.13. The largest absolute Gasteiger partial charge is 0.459 e. The number of aromatic nitrogens is 1. The van der Waals surface area contributed by atoms with Gasteiger partial charge in [-0.2, -0.15) is 0 Å². The van der Waals surface area contributed by atoms with Crippen LogP contribution in [0.2, 0.25) is 0 Å². The van der Waals surface area contributed by atoms with Gasteiger partial charge in [-0.25, -0.2) is 4.98 Å². The van der Waals surface area contributed by atoms with Gasteiger partial charge in [-0.15, -0.1) is 11.3 Å². The van der Waals surface area contributed by atoms with Gasteiger partial charge in [-0.1, -0.05) is 18.6 Å². The first-order chi connectivity index (χ1) is 10.6. The minimum atomic E-state index is -0.450. The number of hydrogen-bond acceptors (Lipinski definition) is 5. The summed E-state index contributed by atoms with van der Waals surface area (Å²) in [5.41, 5.74) is 7.33. The molecule has 6 heteroatoms. The van der Waals surface area contributed by atoms with Gasteiger partial charge < -0.3 is 10.5 Å². The van der Waals surface area contributed by atoms with E-state index in [4.69, 9.17) is 10.5 Å². The van der Waals surface area contributed by atoms with Crippen molar-refractivity contribution in [1.29, 1.82) is 0 Å². The van der Waals surface area contributed by atoms with Gasteiger partial charge in [0.05, 0.1) is 11.6 Å². The highest BCUT2D eigenvalue weighted by atomic mass is 32.1. The summed E-state index contributed by atoms with van der Waals surface area (Å²) in [4.78, 5) is 27.2. The fourth-order valence-electron chi connectivity index (χ4n) is 2.19. The Morgan fingerprint density at radius 2 is 2.00 bits per heavy atom. The van der Waals surface area contributed by atoms with Crippen molar-refractivity contribution in [2.75, 3.05) is 0 Å². The van der Waals surface area contributed by atoms with E-state index < -0.39 is 5.91 Å². The number of esters is 1. The molecule has 1 aromatic carbocycles. The molecule has 1 amide bonds. The Kier molecular flexibility index (Phi) is 4.20.